The second-order valence-corrected chi connectivity index (χ2v) is 4.80. The van der Waals surface area contributed by atoms with Crippen LogP contribution >= 0.6 is 0 Å². The molecule has 1 N–H and O–H groups in total. The molecule has 0 aliphatic heterocycles. The molecule has 0 unspecified atom stereocenters. The number of nitrogens with zero attached hydrogens (tertiary/aromatic N) is 2. The van der Waals surface area contributed by atoms with Crippen LogP contribution in [0.2, 0.25) is 0 Å². The Morgan fingerprint density at radius 1 is 1.04 bits per heavy atom. The topological polar surface area (TPSA) is 142 Å². The van der Waals surface area contributed by atoms with Gasteiger partial charge in [-0.3, -0.25) is 4.79 Å². The first-order valence-corrected chi connectivity index (χ1v) is 7.46. The molecule has 4 aromatic rings. The number of ether oxygens (including phenoxy) is 1. The van der Waals surface area contributed by atoms with E-state index >= 15 is 0 Å². The first-order chi connectivity index (χ1) is 12.7. The quantitative estimate of drug-likeness (QED) is 0.346. The molecule has 0 atom stereocenters. The summed E-state index contributed by atoms with van der Waals surface area (Å²) in [6.07, 6.45) is 7.75. The minimum Gasteiger partial charge on any atom is -0.870 e. The van der Waals surface area contributed by atoms with Crippen molar-refractivity contribution in [1.82, 2.24) is 9.97 Å². The van der Waals surface area contributed by atoms with E-state index in [1.165, 1.54) is 18.0 Å². The normalized spacial score (nSPS) is 8.75. The molecule has 0 aliphatic carbocycles. The average Bonchev–Trinajstić information content (AvgIpc) is 3.31. The number of hydrogen-bond donors (Lipinski definition) is 0. The summed E-state index contributed by atoms with van der Waals surface area (Å²) in [5, 5.41) is 1.90. The molecule has 9 nitrogen and oxygen atoms in total. The summed E-state index contributed by atoms with van der Waals surface area (Å²) in [7, 11) is 0. The standard InChI is InChI=1S/C9H9NO.C8H5NO3.CO2.Na.H2O/c1-2-7-5-8-3-4-11-9(8)10-6-7;10-5-12-7-3-6-1-2-11-8(6)9-4-7;2-1-3;;/h3-6H,2H2,1H3;1-5H;;;1H2/q;;;+1;/p-1. The minimum absolute atomic E-state index is 0. The zero-order valence-corrected chi connectivity index (χ0v) is 17.2. The van der Waals surface area contributed by atoms with Crippen molar-refractivity contribution in [2.75, 3.05) is 0 Å². The van der Waals surface area contributed by atoms with E-state index in [9.17, 15) is 4.79 Å². The van der Waals surface area contributed by atoms with Gasteiger partial charge in [0, 0.05) is 17.0 Å². The Bertz CT molecular complexity index is 1020. The molecule has 4 heterocycles. The number of aryl methyl sites for hydroxylation is 1. The zero-order chi connectivity index (χ0) is 18.8. The molecule has 4 aromatic heterocycles. The molecule has 10 heteroatoms. The molecule has 0 amide bonds. The Hall–Kier alpha value is -2.81. The second-order valence-electron chi connectivity index (χ2n) is 4.80. The number of carbonyl (C=O) groups excluding carboxylic acids is 3. The summed E-state index contributed by atoms with van der Waals surface area (Å²) >= 11 is 0. The molecule has 0 saturated heterocycles. The van der Waals surface area contributed by atoms with E-state index in [1.807, 2.05) is 12.3 Å². The number of carbonyl (C=O) groups is 1. The Labute approximate surface area is 181 Å². The van der Waals surface area contributed by atoms with Gasteiger partial charge in [-0.15, -0.1) is 0 Å². The number of furan rings is 2. The summed E-state index contributed by atoms with van der Waals surface area (Å²) in [6, 6.07) is 7.47. The van der Waals surface area contributed by atoms with Crippen LogP contribution in [0.3, 0.4) is 0 Å². The summed E-state index contributed by atoms with van der Waals surface area (Å²) in [4.78, 5) is 34.3. The summed E-state index contributed by atoms with van der Waals surface area (Å²) in [5.41, 5.74) is 2.51. The Morgan fingerprint density at radius 3 is 2.11 bits per heavy atom. The number of fused-ring (bicyclic) bond motifs is 2. The fraction of sp³-hybridized carbons (Fsp3) is 0.111. The second kappa shape index (κ2) is 13.4. The van der Waals surface area contributed by atoms with Crippen molar-refractivity contribution >= 4 is 34.8 Å². The molecule has 0 saturated carbocycles. The SMILES string of the molecule is CCc1cnc2occc2c1.O=C=O.O=COc1cnc2occc2c1.[Na+].[OH-]. The van der Waals surface area contributed by atoms with E-state index < -0.39 is 0 Å². The number of pyridine rings is 2. The Balaban J connectivity index is 0.000000432. The zero-order valence-electron chi connectivity index (χ0n) is 15.2. The van der Waals surface area contributed by atoms with E-state index in [0.29, 0.717) is 17.9 Å². The first kappa shape index (κ1) is 25.2. The van der Waals surface area contributed by atoms with Crippen LogP contribution in [0, 0.1) is 0 Å². The van der Waals surface area contributed by atoms with Crippen LogP contribution in [0.15, 0.2) is 58.0 Å². The molecule has 0 fully saturated rings. The number of aromatic nitrogens is 2. The maximum Gasteiger partial charge on any atom is 1.00 e. The van der Waals surface area contributed by atoms with E-state index in [-0.39, 0.29) is 41.2 Å². The molecular weight excluding hydrogens is 379 g/mol. The van der Waals surface area contributed by atoms with Crippen molar-refractivity contribution in [3.8, 4) is 5.75 Å². The van der Waals surface area contributed by atoms with Crippen LogP contribution in [0.25, 0.3) is 22.2 Å². The Kier molecular flexibility index (Phi) is 12.0. The van der Waals surface area contributed by atoms with E-state index in [2.05, 4.69) is 27.7 Å². The van der Waals surface area contributed by atoms with Crippen LogP contribution in [0.4, 0.5) is 0 Å². The maximum absolute atomic E-state index is 9.98. The molecule has 0 radical (unpaired) electrons. The van der Waals surface area contributed by atoms with Gasteiger partial charge in [0.1, 0.15) is 5.75 Å². The number of hydrogen-bond acceptors (Lipinski definition) is 9. The van der Waals surface area contributed by atoms with Gasteiger partial charge in [0.25, 0.3) is 6.47 Å². The molecule has 0 aliphatic rings. The predicted molar refractivity (Wildman–Crippen MR) is 91.0 cm³/mol. The van der Waals surface area contributed by atoms with Crippen molar-refractivity contribution in [3.05, 3.63) is 54.7 Å². The monoisotopic (exact) mass is 394 g/mol. The van der Waals surface area contributed by atoms with Crippen LogP contribution in [0.5, 0.6) is 5.75 Å². The molecule has 0 spiro atoms. The third-order valence-electron chi connectivity index (χ3n) is 3.24. The van der Waals surface area contributed by atoms with Gasteiger partial charge in [0.15, 0.2) is 0 Å². The van der Waals surface area contributed by atoms with E-state index in [1.54, 1.807) is 18.4 Å². The number of rotatable bonds is 3. The van der Waals surface area contributed by atoms with Gasteiger partial charge in [0.2, 0.25) is 11.4 Å². The van der Waals surface area contributed by atoms with Crippen LogP contribution < -0.4 is 34.3 Å². The molecule has 140 valence electrons. The smallest absolute Gasteiger partial charge is 0.870 e. The largest absolute Gasteiger partial charge is 1.00 e. The summed E-state index contributed by atoms with van der Waals surface area (Å²) < 4.78 is 14.7. The summed E-state index contributed by atoms with van der Waals surface area (Å²) in [6.45, 7) is 2.48. The van der Waals surface area contributed by atoms with Gasteiger partial charge >= 0.3 is 35.7 Å². The van der Waals surface area contributed by atoms with Crippen molar-refractivity contribution in [2.24, 2.45) is 0 Å². The molecule has 0 aromatic carbocycles. The molecule has 0 bridgehead atoms. The van der Waals surface area contributed by atoms with Crippen LogP contribution in [0.1, 0.15) is 12.5 Å². The predicted octanol–water partition coefficient (Wildman–Crippen LogP) is -0.00310. The Morgan fingerprint density at radius 2 is 1.57 bits per heavy atom. The fourth-order valence-corrected chi connectivity index (χ4v) is 2.06. The summed E-state index contributed by atoms with van der Waals surface area (Å²) in [5.74, 6) is 0.416. The van der Waals surface area contributed by atoms with Crippen LogP contribution in [-0.4, -0.2) is 28.1 Å². The van der Waals surface area contributed by atoms with Crippen LogP contribution in [-0.2, 0) is 20.8 Å². The van der Waals surface area contributed by atoms with Gasteiger partial charge in [-0.25, -0.2) is 9.97 Å². The molecular formula is C18H15N2NaO7. The first-order valence-electron chi connectivity index (χ1n) is 7.46. The third kappa shape index (κ3) is 7.07. The van der Waals surface area contributed by atoms with Gasteiger partial charge in [-0.2, -0.15) is 9.59 Å². The van der Waals surface area contributed by atoms with Crippen molar-refractivity contribution in [1.29, 1.82) is 0 Å². The molecule has 4 rings (SSSR count). The molecule has 28 heavy (non-hydrogen) atoms. The van der Waals surface area contributed by atoms with Crippen molar-refractivity contribution in [2.45, 2.75) is 13.3 Å². The van der Waals surface area contributed by atoms with Gasteiger partial charge in [-0.05, 0) is 36.2 Å². The van der Waals surface area contributed by atoms with Gasteiger partial charge < -0.3 is 19.0 Å². The van der Waals surface area contributed by atoms with Crippen molar-refractivity contribution in [3.63, 3.8) is 0 Å². The minimum atomic E-state index is 0. The third-order valence-corrected chi connectivity index (χ3v) is 3.24. The van der Waals surface area contributed by atoms with E-state index in [0.717, 1.165) is 22.9 Å². The van der Waals surface area contributed by atoms with Crippen molar-refractivity contribution < 1.29 is 63.0 Å². The average molecular weight is 394 g/mol. The van der Waals surface area contributed by atoms with Gasteiger partial charge in [0.05, 0.1) is 18.7 Å². The maximum atomic E-state index is 9.98. The van der Waals surface area contributed by atoms with Gasteiger partial charge in [-0.1, -0.05) is 6.92 Å². The fourth-order valence-electron chi connectivity index (χ4n) is 2.06. The van der Waals surface area contributed by atoms with E-state index in [4.69, 9.17) is 18.4 Å².